The van der Waals surface area contributed by atoms with Crippen LogP contribution >= 0.6 is 0 Å². The van der Waals surface area contributed by atoms with Crippen LogP contribution in [0.1, 0.15) is 12.5 Å². The number of carbonyl (C=O) groups is 2. The van der Waals surface area contributed by atoms with Crippen LogP contribution in [0.15, 0.2) is 36.2 Å². The van der Waals surface area contributed by atoms with E-state index < -0.39 is 23.7 Å². The minimum Gasteiger partial charge on any atom is -0.382 e. The first-order valence-corrected chi connectivity index (χ1v) is 6.88. The maximum atomic E-state index is 12.8. The quantitative estimate of drug-likeness (QED) is 0.633. The van der Waals surface area contributed by atoms with Gasteiger partial charge in [-0.2, -0.15) is 13.2 Å². The van der Waals surface area contributed by atoms with Gasteiger partial charge >= 0.3 is 12.2 Å². The van der Waals surface area contributed by atoms with Gasteiger partial charge in [0.2, 0.25) is 0 Å². The lowest BCUT2D eigenvalue weighted by atomic mass is 10.2. The molecule has 3 amide bonds. The molecule has 1 aromatic rings. The minimum atomic E-state index is -4.55. The van der Waals surface area contributed by atoms with Crippen LogP contribution in [0.4, 0.5) is 23.7 Å². The van der Waals surface area contributed by atoms with Gasteiger partial charge in [0.05, 0.1) is 11.3 Å². The van der Waals surface area contributed by atoms with Crippen molar-refractivity contribution in [2.75, 3.05) is 25.5 Å². The van der Waals surface area contributed by atoms with Gasteiger partial charge in [-0.05, 0) is 25.1 Å². The molecule has 0 atom stereocenters. The summed E-state index contributed by atoms with van der Waals surface area (Å²) in [6.07, 6.45) is -3.08. The molecule has 23 heavy (non-hydrogen) atoms. The predicted molar refractivity (Wildman–Crippen MR) is 78.5 cm³/mol. The third-order valence-electron chi connectivity index (χ3n) is 3.26. The molecule has 0 aromatic heterocycles. The summed E-state index contributed by atoms with van der Waals surface area (Å²) in [7, 11) is 3.37. The Morgan fingerprint density at radius 1 is 1.22 bits per heavy atom. The molecule has 0 unspecified atom stereocenters. The first kappa shape index (κ1) is 16.9. The fourth-order valence-electron chi connectivity index (χ4n) is 2.26. The van der Waals surface area contributed by atoms with Crippen molar-refractivity contribution in [3.05, 3.63) is 41.7 Å². The third-order valence-corrected chi connectivity index (χ3v) is 3.26. The molecule has 1 fully saturated rings. The molecule has 0 saturated carbocycles. The Kier molecular flexibility index (Phi) is 4.35. The largest absolute Gasteiger partial charge is 0.416 e. The highest BCUT2D eigenvalue weighted by Crippen LogP contribution is 2.34. The number of anilines is 1. The molecule has 1 aliphatic heterocycles. The summed E-state index contributed by atoms with van der Waals surface area (Å²) >= 11 is 0. The molecular formula is C15H16F3N3O2. The number of urea groups is 1. The standard InChI is InChI=1S/C15H16F3N3O2/c1-4-20-12(9-19(2)3)13(22)21(14(20)23)11-7-5-6-10(8-11)15(16,17)18/h5-9H,4H2,1-3H3. The zero-order valence-electron chi connectivity index (χ0n) is 12.9. The zero-order valence-corrected chi connectivity index (χ0v) is 12.9. The Balaban J connectivity index is 2.48. The van der Waals surface area contributed by atoms with Crippen LogP contribution in [-0.2, 0) is 11.0 Å². The number of nitrogens with zero attached hydrogens (tertiary/aromatic N) is 3. The van der Waals surface area contributed by atoms with E-state index in [0.717, 1.165) is 17.0 Å². The number of amides is 3. The second-order valence-electron chi connectivity index (χ2n) is 5.19. The van der Waals surface area contributed by atoms with Crippen molar-refractivity contribution in [3.63, 3.8) is 0 Å². The van der Waals surface area contributed by atoms with E-state index in [1.165, 1.54) is 23.2 Å². The van der Waals surface area contributed by atoms with Crippen molar-refractivity contribution < 1.29 is 22.8 Å². The van der Waals surface area contributed by atoms with Crippen molar-refractivity contribution >= 4 is 17.6 Å². The normalized spacial score (nSPS) is 17.4. The Morgan fingerprint density at radius 2 is 1.87 bits per heavy atom. The van der Waals surface area contributed by atoms with Crippen molar-refractivity contribution in [3.8, 4) is 0 Å². The number of alkyl halides is 3. The topological polar surface area (TPSA) is 43.9 Å². The van der Waals surface area contributed by atoms with E-state index in [4.69, 9.17) is 0 Å². The van der Waals surface area contributed by atoms with Crippen molar-refractivity contribution in [2.24, 2.45) is 0 Å². The van der Waals surface area contributed by atoms with Crippen LogP contribution in [0.2, 0.25) is 0 Å². The minimum absolute atomic E-state index is 0.101. The van der Waals surface area contributed by atoms with E-state index in [2.05, 4.69) is 0 Å². The predicted octanol–water partition coefficient (Wildman–Crippen LogP) is 2.90. The first-order valence-electron chi connectivity index (χ1n) is 6.88. The van der Waals surface area contributed by atoms with Crippen LogP contribution in [0.3, 0.4) is 0 Å². The van der Waals surface area contributed by atoms with Gasteiger partial charge in [0.15, 0.2) is 0 Å². The molecule has 1 saturated heterocycles. The number of hydrogen-bond donors (Lipinski definition) is 0. The van der Waals surface area contributed by atoms with Crippen LogP contribution in [0.5, 0.6) is 0 Å². The van der Waals surface area contributed by atoms with Crippen molar-refractivity contribution in [1.82, 2.24) is 9.80 Å². The van der Waals surface area contributed by atoms with Gasteiger partial charge in [-0.1, -0.05) is 6.07 Å². The summed E-state index contributed by atoms with van der Waals surface area (Å²) in [5.41, 5.74) is -0.890. The van der Waals surface area contributed by atoms with Gasteiger partial charge in [-0.25, -0.2) is 9.69 Å². The lowest BCUT2D eigenvalue weighted by Crippen LogP contribution is -2.33. The number of likely N-dealkylation sites (N-methyl/N-ethyl adjacent to an activating group) is 1. The molecule has 2 rings (SSSR count). The van der Waals surface area contributed by atoms with Gasteiger partial charge in [0.25, 0.3) is 5.91 Å². The van der Waals surface area contributed by atoms with Gasteiger partial charge in [0, 0.05) is 26.8 Å². The molecule has 8 heteroatoms. The molecule has 1 heterocycles. The number of benzene rings is 1. The smallest absolute Gasteiger partial charge is 0.382 e. The monoisotopic (exact) mass is 327 g/mol. The Labute approximate surface area is 131 Å². The SMILES string of the molecule is CCN1C(=O)N(c2cccc(C(F)(F)F)c2)C(=O)C1=CN(C)C. The molecule has 0 bridgehead atoms. The summed E-state index contributed by atoms with van der Waals surface area (Å²) < 4.78 is 38.5. The number of carbonyl (C=O) groups excluding carboxylic acids is 2. The molecule has 1 aromatic carbocycles. The molecule has 5 nitrogen and oxygen atoms in total. The van der Waals surface area contributed by atoms with E-state index in [-0.39, 0.29) is 17.9 Å². The lowest BCUT2D eigenvalue weighted by molar-refractivity contribution is -0.137. The third kappa shape index (κ3) is 3.15. The second-order valence-corrected chi connectivity index (χ2v) is 5.19. The maximum absolute atomic E-state index is 12.8. The fourth-order valence-corrected chi connectivity index (χ4v) is 2.26. The van der Waals surface area contributed by atoms with E-state index >= 15 is 0 Å². The summed E-state index contributed by atoms with van der Waals surface area (Å²) in [5, 5.41) is 0. The van der Waals surface area contributed by atoms with E-state index in [1.54, 1.807) is 25.9 Å². The van der Waals surface area contributed by atoms with Gasteiger partial charge in [-0.3, -0.25) is 9.69 Å². The zero-order chi connectivity index (χ0) is 17.4. The highest BCUT2D eigenvalue weighted by atomic mass is 19.4. The van der Waals surface area contributed by atoms with E-state index in [0.29, 0.717) is 0 Å². The van der Waals surface area contributed by atoms with E-state index in [1.807, 2.05) is 0 Å². The summed E-state index contributed by atoms with van der Waals surface area (Å²) in [6.45, 7) is 1.92. The molecule has 0 radical (unpaired) electrons. The van der Waals surface area contributed by atoms with E-state index in [9.17, 15) is 22.8 Å². The van der Waals surface area contributed by atoms with Crippen LogP contribution in [-0.4, -0.2) is 42.4 Å². The Hall–Kier alpha value is -2.51. The fraction of sp³-hybridized carbons (Fsp3) is 0.333. The molecule has 0 aliphatic carbocycles. The molecule has 1 aliphatic rings. The molecule has 0 N–H and O–H groups in total. The molecule has 124 valence electrons. The van der Waals surface area contributed by atoms with Gasteiger partial charge in [-0.15, -0.1) is 0 Å². The van der Waals surface area contributed by atoms with Gasteiger partial charge in [0.1, 0.15) is 5.70 Å². The average molecular weight is 327 g/mol. The Bertz CT molecular complexity index is 668. The lowest BCUT2D eigenvalue weighted by Gasteiger charge is -2.16. The highest BCUT2D eigenvalue weighted by Gasteiger charge is 2.42. The second kappa shape index (κ2) is 5.94. The number of imide groups is 1. The molecular weight excluding hydrogens is 311 g/mol. The Morgan fingerprint density at radius 3 is 2.39 bits per heavy atom. The summed E-state index contributed by atoms with van der Waals surface area (Å²) in [4.78, 5) is 28.4. The van der Waals surface area contributed by atoms with Gasteiger partial charge < -0.3 is 4.90 Å². The van der Waals surface area contributed by atoms with Crippen LogP contribution in [0, 0.1) is 0 Å². The van der Waals surface area contributed by atoms with Crippen LogP contribution < -0.4 is 4.90 Å². The summed E-state index contributed by atoms with van der Waals surface area (Å²) in [6, 6.07) is 3.50. The average Bonchev–Trinajstić information content (AvgIpc) is 2.68. The van der Waals surface area contributed by atoms with Crippen LogP contribution in [0.25, 0.3) is 0 Å². The maximum Gasteiger partial charge on any atom is 0.416 e. The number of halogens is 3. The first-order chi connectivity index (χ1) is 10.7. The molecule has 0 spiro atoms. The van der Waals surface area contributed by atoms with Crippen molar-refractivity contribution in [2.45, 2.75) is 13.1 Å². The summed E-state index contributed by atoms with van der Waals surface area (Å²) in [5.74, 6) is -0.648. The van der Waals surface area contributed by atoms with Crippen molar-refractivity contribution in [1.29, 1.82) is 0 Å². The number of hydrogen-bond acceptors (Lipinski definition) is 3. The number of rotatable bonds is 3. The highest BCUT2D eigenvalue weighted by molar-refractivity contribution is 6.26.